The fraction of sp³-hybridized carbons (Fsp3) is 0.579. The van der Waals surface area contributed by atoms with Crippen LogP contribution >= 0.6 is 24.0 Å². The molecule has 26 heavy (non-hydrogen) atoms. The van der Waals surface area contributed by atoms with E-state index in [4.69, 9.17) is 0 Å². The van der Waals surface area contributed by atoms with Crippen molar-refractivity contribution in [1.29, 1.82) is 0 Å². The smallest absolute Gasteiger partial charge is 0.222 e. The summed E-state index contributed by atoms with van der Waals surface area (Å²) in [7, 11) is 0. The van der Waals surface area contributed by atoms with Crippen LogP contribution in [-0.4, -0.2) is 54.1 Å². The maximum Gasteiger partial charge on any atom is 0.222 e. The number of likely N-dealkylation sites (tertiary alicyclic amines) is 1. The van der Waals surface area contributed by atoms with E-state index in [-0.39, 0.29) is 35.9 Å². The molecule has 7 heteroatoms. The van der Waals surface area contributed by atoms with Gasteiger partial charge in [-0.05, 0) is 25.8 Å². The Balaban J connectivity index is 0.00000338. The highest BCUT2D eigenvalue weighted by Crippen LogP contribution is 2.14. The molecule has 0 radical (unpaired) electrons. The summed E-state index contributed by atoms with van der Waals surface area (Å²) < 4.78 is 0. The van der Waals surface area contributed by atoms with Crippen LogP contribution in [0.25, 0.3) is 0 Å². The summed E-state index contributed by atoms with van der Waals surface area (Å²) in [5.74, 6) is 0.880. The van der Waals surface area contributed by atoms with E-state index in [1.165, 1.54) is 5.56 Å². The number of carbonyl (C=O) groups is 1. The van der Waals surface area contributed by atoms with Crippen LogP contribution in [0.4, 0.5) is 0 Å². The normalized spacial score (nSPS) is 18.2. The Labute approximate surface area is 173 Å². The van der Waals surface area contributed by atoms with E-state index in [0.29, 0.717) is 25.5 Å². The zero-order valence-corrected chi connectivity index (χ0v) is 18.2. The number of benzene rings is 1. The molecular formula is C19H31IN4O2. The molecule has 1 saturated heterocycles. The Hall–Kier alpha value is -1.35. The van der Waals surface area contributed by atoms with Crippen LogP contribution in [0.2, 0.25) is 0 Å². The van der Waals surface area contributed by atoms with Crippen LogP contribution in [0.1, 0.15) is 43.9 Å². The summed E-state index contributed by atoms with van der Waals surface area (Å²) in [6.07, 6.45) is 0.832. The Bertz CT molecular complexity index is 592. The van der Waals surface area contributed by atoms with Crippen molar-refractivity contribution < 1.29 is 9.90 Å². The van der Waals surface area contributed by atoms with Crippen LogP contribution in [0.15, 0.2) is 29.3 Å². The lowest BCUT2D eigenvalue weighted by molar-refractivity contribution is -0.129. The third-order valence-corrected chi connectivity index (χ3v) is 4.41. The zero-order valence-electron chi connectivity index (χ0n) is 15.9. The van der Waals surface area contributed by atoms with Crippen LogP contribution < -0.4 is 10.6 Å². The standard InChI is InChI=1S/C19H30N4O2.HI/c1-4-18(25)23-11-10-16(13-23)22-19(20-5-2)21-12-17(24)15-8-6-14(3)7-9-15;/h6-9,16-17,24H,4-5,10-13H2,1-3H3,(H2,20,21,22);1H. The second-order valence-electron chi connectivity index (χ2n) is 6.47. The van der Waals surface area contributed by atoms with Gasteiger partial charge < -0.3 is 20.6 Å². The van der Waals surface area contributed by atoms with E-state index in [9.17, 15) is 9.90 Å². The Morgan fingerprint density at radius 1 is 1.35 bits per heavy atom. The topological polar surface area (TPSA) is 77.0 Å². The number of guanidine groups is 1. The van der Waals surface area contributed by atoms with Gasteiger partial charge in [-0.1, -0.05) is 36.8 Å². The highest BCUT2D eigenvalue weighted by Gasteiger charge is 2.25. The Kier molecular flexibility index (Phi) is 9.93. The van der Waals surface area contributed by atoms with Crippen molar-refractivity contribution in [1.82, 2.24) is 15.5 Å². The van der Waals surface area contributed by atoms with E-state index in [1.54, 1.807) is 0 Å². The number of amides is 1. The first kappa shape index (κ1) is 22.7. The van der Waals surface area contributed by atoms with Crippen molar-refractivity contribution in [2.24, 2.45) is 4.99 Å². The lowest BCUT2D eigenvalue weighted by atomic mass is 10.1. The fourth-order valence-electron chi connectivity index (χ4n) is 2.91. The molecular weight excluding hydrogens is 443 g/mol. The van der Waals surface area contributed by atoms with E-state index >= 15 is 0 Å². The van der Waals surface area contributed by atoms with Gasteiger partial charge in [0.2, 0.25) is 5.91 Å². The number of carbonyl (C=O) groups excluding carboxylic acids is 1. The molecule has 1 aromatic rings. The second-order valence-corrected chi connectivity index (χ2v) is 6.47. The minimum Gasteiger partial charge on any atom is -0.386 e. The first-order valence-corrected chi connectivity index (χ1v) is 9.10. The molecule has 1 amide bonds. The lowest BCUT2D eigenvalue weighted by Crippen LogP contribution is -2.45. The third-order valence-electron chi connectivity index (χ3n) is 4.41. The SMILES string of the molecule is CCNC(=NCC(O)c1ccc(C)cc1)NC1CCN(C(=O)CC)C1.I. The highest BCUT2D eigenvalue weighted by molar-refractivity contribution is 14.0. The number of aliphatic hydroxyl groups is 1. The average molecular weight is 474 g/mol. The fourth-order valence-corrected chi connectivity index (χ4v) is 2.91. The van der Waals surface area contributed by atoms with Gasteiger partial charge in [0.05, 0.1) is 12.6 Å². The molecule has 2 rings (SSSR count). The molecule has 1 aromatic carbocycles. The first-order chi connectivity index (χ1) is 12.0. The maximum atomic E-state index is 11.8. The van der Waals surface area contributed by atoms with E-state index in [1.807, 2.05) is 49.9 Å². The molecule has 0 bridgehead atoms. The van der Waals surface area contributed by atoms with E-state index in [2.05, 4.69) is 15.6 Å². The zero-order chi connectivity index (χ0) is 18.2. The number of hydrogen-bond acceptors (Lipinski definition) is 3. The van der Waals surface area contributed by atoms with E-state index in [0.717, 1.165) is 25.1 Å². The predicted octanol–water partition coefficient (Wildman–Crippen LogP) is 2.21. The van der Waals surface area contributed by atoms with Crippen molar-refractivity contribution in [3.05, 3.63) is 35.4 Å². The summed E-state index contributed by atoms with van der Waals surface area (Å²) in [5, 5.41) is 16.9. The maximum absolute atomic E-state index is 11.8. The number of aliphatic imine (C=N–C) groups is 1. The quantitative estimate of drug-likeness (QED) is 0.336. The lowest BCUT2D eigenvalue weighted by Gasteiger charge is -2.19. The van der Waals surface area contributed by atoms with Gasteiger partial charge in [0.1, 0.15) is 0 Å². The molecule has 0 saturated carbocycles. The molecule has 2 unspecified atom stereocenters. The molecule has 1 aliphatic rings. The van der Waals surface area contributed by atoms with Gasteiger partial charge in [0.15, 0.2) is 5.96 Å². The van der Waals surface area contributed by atoms with Crippen molar-refractivity contribution in [2.45, 2.75) is 45.8 Å². The predicted molar refractivity (Wildman–Crippen MR) is 116 cm³/mol. The average Bonchev–Trinajstić information content (AvgIpc) is 3.08. The van der Waals surface area contributed by atoms with Gasteiger partial charge >= 0.3 is 0 Å². The Morgan fingerprint density at radius 3 is 2.65 bits per heavy atom. The third kappa shape index (κ3) is 6.75. The van der Waals surface area contributed by atoms with Gasteiger partial charge in [0.25, 0.3) is 0 Å². The molecule has 0 spiro atoms. The molecule has 1 heterocycles. The minimum atomic E-state index is -0.627. The van der Waals surface area contributed by atoms with Crippen molar-refractivity contribution >= 4 is 35.8 Å². The van der Waals surface area contributed by atoms with Crippen molar-refractivity contribution in [3.8, 4) is 0 Å². The van der Waals surface area contributed by atoms with Gasteiger partial charge in [-0.3, -0.25) is 9.79 Å². The number of nitrogens with one attached hydrogen (secondary N) is 2. The van der Waals surface area contributed by atoms with Gasteiger partial charge in [0, 0.05) is 32.1 Å². The van der Waals surface area contributed by atoms with Crippen molar-refractivity contribution in [2.75, 3.05) is 26.2 Å². The molecule has 146 valence electrons. The second kappa shape index (κ2) is 11.4. The molecule has 1 aliphatic heterocycles. The number of hydrogen-bond donors (Lipinski definition) is 3. The largest absolute Gasteiger partial charge is 0.386 e. The number of aliphatic hydroxyl groups excluding tert-OH is 1. The summed E-state index contributed by atoms with van der Waals surface area (Å²) in [6, 6.07) is 8.04. The van der Waals surface area contributed by atoms with E-state index < -0.39 is 6.10 Å². The molecule has 0 aromatic heterocycles. The van der Waals surface area contributed by atoms with Crippen LogP contribution in [0.5, 0.6) is 0 Å². The number of nitrogens with zero attached hydrogens (tertiary/aromatic N) is 2. The Morgan fingerprint density at radius 2 is 2.04 bits per heavy atom. The summed E-state index contributed by atoms with van der Waals surface area (Å²) in [4.78, 5) is 18.2. The highest BCUT2D eigenvalue weighted by atomic mass is 127. The van der Waals surface area contributed by atoms with Crippen LogP contribution in [-0.2, 0) is 4.79 Å². The molecule has 1 fully saturated rings. The first-order valence-electron chi connectivity index (χ1n) is 9.10. The minimum absolute atomic E-state index is 0. The summed E-state index contributed by atoms with van der Waals surface area (Å²) in [6.45, 7) is 8.46. The van der Waals surface area contributed by atoms with Crippen LogP contribution in [0.3, 0.4) is 0 Å². The van der Waals surface area contributed by atoms with Gasteiger partial charge in [-0.25, -0.2) is 0 Å². The molecule has 0 aliphatic carbocycles. The molecule has 2 atom stereocenters. The summed E-state index contributed by atoms with van der Waals surface area (Å²) in [5.41, 5.74) is 2.03. The molecule has 3 N–H and O–H groups in total. The monoisotopic (exact) mass is 474 g/mol. The van der Waals surface area contributed by atoms with Gasteiger partial charge in [-0.2, -0.15) is 0 Å². The number of rotatable bonds is 6. The van der Waals surface area contributed by atoms with Gasteiger partial charge in [-0.15, -0.1) is 24.0 Å². The number of halogens is 1. The van der Waals surface area contributed by atoms with Crippen LogP contribution in [0, 0.1) is 6.92 Å². The summed E-state index contributed by atoms with van der Waals surface area (Å²) >= 11 is 0. The van der Waals surface area contributed by atoms with Crippen molar-refractivity contribution in [3.63, 3.8) is 0 Å². The number of aryl methyl sites for hydroxylation is 1. The molecule has 6 nitrogen and oxygen atoms in total.